The summed E-state index contributed by atoms with van der Waals surface area (Å²) in [5, 5.41) is 0. The molecule has 0 radical (unpaired) electrons. The van der Waals surface area contributed by atoms with Crippen LogP contribution in [0, 0.1) is 0 Å². The maximum atomic E-state index is 11.7. The molecule has 1 heterocycles. The molecule has 2 N–H and O–H groups in total. The summed E-state index contributed by atoms with van der Waals surface area (Å²) in [6, 6.07) is 7.23. The van der Waals surface area contributed by atoms with Crippen LogP contribution in [0.4, 0.5) is 5.69 Å². The number of carbonyl (C=O) groups is 1. The van der Waals surface area contributed by atoms with E-state index in [0.29, 0.717) is 18.9 Å². The van der Waals surface area contributed by atoms with E-state index in [9.17, 15) is 4.79 Å². The molecule has 1 atom stereocenters. The summed E-state index contributed by atoms with van der Waals surface area (Å²) in [4.78, 5) is 13.9. The Morgan fingerprint density at radius 2 is 2.21 bits per heavy atom. The predicted octanol–water partition coefficient (Wildman–Crippen LogP) is 0.685. The first-order valence-corrected chi connectivity index (χ1v) is 6.43. The fourth-order valence-corrected chi connectivity index (χ4v) is 2.01. The lowest BCUT2D eigenvalue weighted by Gasteiger charge is -2.29. The Bertz CT molecular complexity index is 419. The number of nitrogens with zero attached hydrogens (tertiary/aromatic N) is 1. The molecule has 1 saturated heterocycles. The van der Waals surface area contributed by atoms with Gasteiger partial charge in [-0.2, -0.15) is 0 Å². The first-order chi connectivity index (χ1) is 9.13. The second-order valence-corrected chi connectivity index (χ2v) is 4.86. The molecule has 1 aliphatic rings. The van der Waals surface area contributed by atoms with Crippen LogP contribution in [-0.2, 0) is 20.7 Å². The molecule has 1 fully saturated rings. The van der Waals surface area contributed by atoms with Gasteiger partial charge in [-0.1, -0.05) is 12.1 Å². The van der Waals surface area contributed by atoms with E-state index in [1.807, 2.05) is 19.2 Å². The average Bonchev–Trinajstić information content (AvgIpc) is 2.39. The molecule has 1 aromatic rings. The predicted molar refractivity (Wildman–Crippen MR) is 72.8 cm³/mol. The van der Waals surface area contributed by atoms with Crippen LogP contribution in [0.1, 0.15) is 5.56 Å². The summed E-state index contributed by atoms with van der Waals surface area (Å²) in [6.45, 7) is 2.74. The number of likely N-dealkylation sites (N-methyl/N-ethyl adjacent to an activating group) is 1. The highest BCUT2D eigenvalue weighted by Crippen LogP contribution is 2.08. The monoisotopic (exact) mass is 264 g/mol. The first-order valence-electron chi connectivity index (χ1n) is 6.43. The third-order valence-electron chi connectivity index (χ3n) is 3.10. The fraction of sp³-hybridized carbons (Fsp3) is 0.500. The van der Waals surface area contributed by atoms with Crippen molar-refractivity contribution in [1.29, 1.82) is 0 Å². The smallest absolute Gasteiger partial charge is 0.310 e. The third-order valence-corrected chi connectivity index (χ3v) is 3.10. The molecule has 1 unspecified atom stereocenters. The summed E-state index contributed by atoms with van der Waals surface area (Å²) >= 11 is 0. The van der Waals surface area contributed by atoms with Crippen LogP contribution in [0.15, 0.2) is 24.3 Å². The zero-order valence-electron chi connectivity index (χ0n) is 11.2. The number of nitrogens with two attached hydrogens (primary N) is 1. The van der Waals surface area contributed by atoms with Crippen molar-refractivity contribution in [3.8, 4) is 0 Å². The van der Waals surface area contributed by atoms with Crippen LogP contribution < -0.4 is 5.73 Å². The summed E-state index contributed by atoms with van der Waals surface area (Å²) < 4.78 is 10.8. The van der Waals surface area contributed by atoms with Crippen molar-refractivity contribution in [2.45, 2.75) is 12.5 Å². The van der Waals surface area contributed by atoms with Crippen LogP contribution in [-0.4, -0.2) is 50.3 Å². The molecular formula is C14H20N2O3. The van der Waals surface area contributed by atoms with Gasteiger partial charge in [0.1, 0.15) is 12.7 Å². The molecule has 104 valence electrons. The van der Waals surface area contributed by atoms with E-state index in [0.717, 1.165) is 18.7 Å². The minimum absolute atomic E-state index is 0.0193. The Labute approximate surface area is 113 Å². The number of anilines is 1. The van der Waals surface area contributed by atoms with Crippen LogP contribution in [0.3, 0.4) is 0 Å². The maximum Gasteiger partial charge on any atom is 0.310 e. The summed E-state index contributed by atoms with van der Waals surface area (Å²) in [5.74, 6) is -0.235. The molecule has 0 bridgehead atoms. The van der Waals surface area contributed by atoms with E-state index in [1.165, 1.54) is 0 Å². The highest BCUT2D eigenvalue weighted by Gasteiger charge is 2.19. The van der Waals surface area contributed by atoms with E-state index in [4.69, 9.17) is 15.2 Å². The SMILES string of the molecule is CN1CCOC(COC(=O)Cc2ccc(N)cc2)C1. The first kappa shape index (κ1) is 13.8. The van der Waals surface area contributed by atoms with Crippen molar-refractivity contribution < 1.29 is 14.3 Å². The lowest BCUT2D eigenvalue weighted by molar-refractivity contribution is -0.149. The van der Waals surface area contributed by atoms with Crippen molar-refractivity contribution in [3.05, 3.63) is 29.8 Å². The summed E-state index contributed by atoms with van der Waals surface area (Å²) in [5.41, 5.74) is 7.18. The van der Waals surface area contributed by atoms with Gasteiger partial charge in [-0.25, -0.2) is 0 Å². The Kier molecular flexibility index (Phi) is 4.76. The molecule has 1 aromatic carbocycles. The Morgan fingerprint density at radius 1 is 1.47 bits per heavy atom. The summed E-state index contributed by atoms with van der Waals surface area (Å²) in [7, 11) is 2.03. The number of benzene rings is 1. The summed E-state index contributed by atoms with van der Waals surface area (Å²) in [6.07, 6.45) is 0.247. The van der Waals surface area contributed by atoms with Crippen molar-refractivity contribution in [2.24, 2.45) is 0 Å². The van der Waals surface area contributed by atoms with Gasteiger partial charge in [0.2, 0.25) is 0 Å². The number of morpholine rings is 1. The second-order valence-electron chi connectivity index (χ2n) is 4.86. The number of ether oxygens (including phenoxy) is 2. The maximum absolute atomic E-state index is 11.7. The van der Waals surface area contributed by atoms with Crippen LogP contribution in [0.5, 0.6) is 0 Å². The van der Waals surface area contributed by atoms with E-state index in [-0.39, 0.29) is 18.5 Å². The number of esters is 1. The Hall–Kier alpha value is -1.59. The quantitative estimate of drug-likeness (QED) is 0.640. The largest absolute Gasteiger partial charge is 0.463 e. The molecule has 5 nitrogen and oxygen atoms in total. The van der Waals surface area contributed by atoms with Gasteiger partial charge in [-0.15, -0.1) is 0 Å². The molecule has 5 heteroatoms. The molecule has 0 aromatic heterocycles. The lowest BCUT2D eigenvalue weighted by Crippen LogP contribution is -2.42. The minimum Gasteiger partial charge on any atom is -0.463 e. The number of hydrogen-bond acceptors (Lipinski definition) is 5. The second kappa shape index (κ2) is 6.54. The van der Waals surface area contributed by atoms with Gasteiger partial charge in [0.25, 0.3) is 0 Å². The van der Waals surface area contributed by atoms with Crippen molar-refractivity contribution in [3.63, 3.8) is 0 Å². The topological polar surface area (TPSA) is 64.8 Å². The highest BCUT2D eigenvalue weighted by atomic mass is 16.6. The van der Waals surface area contributed by atoms with Gasteiger partial charge < -0.3 is 20.1 Å². The molecule has 0 amide bonds. The minimum atomic E-state index is -0.235. The zero-order chi connectivity index (χ0) is 13.7. The third kappa shape index (κ3) is 4.54. The number of nitrogen functional groups attached to an aromatic ring is 1. The molecule has 0 saturated carbocycles. The lowest BCUT2D eigenvalue weighted by atomic mass is 10.1. The molecule has 0 aliphatic carbocycles. The van der Waals surface area contributed by atoms with Gasteiger partial charge in [0.15, 0.2) is 0 Å². The van der Waals surface area contributed by atoms with E-state index < -0.39 is 0 Å². The molecule has 1 aliphatic heterocycles. The van der Waals surface area contributed by atoms with Gasteiger partial charge in [0.05, 0.1) is 13.0 Å². The standard InChI is InChI=1S/C14H20N2O3/c1-16-6-7-18-13(9-16)10-19-14(17)8-11-2-4-12(15)5-3-11/h2-5,13H,6-10,15H2,1H3. The van der Waals surface area contributed by atoms with E-state index in [1.54, 1.807) is 12.1 Å². The van der Waals surface area contributed by atoms with Gasteiger partial charge in [-0.05, 0) is 24.7 Å². The Morgan fingerprint density at radius 3 is 2.89 bits per heavy atom. The van der Waals surface area contributed by atoms with Gasteiger partial charge in [0, 0.05) is 18.8 Å². The van der Waals surface area contributed by atoms with Gasteiger partial charge in [-0.3, -0.25) is 4.79 Å². The number of rotatable bonds is 4. The molecule has 2 rings (SSSR count). The Balaban J connectivity index is 1.73. The average molecular weight is 264 g/mol. The molecular weight excluding hydrogens is 244 g/mol. The normalized spacial score (nSPS) is 20.2. The van der Waals surface area contributed by atoms with E-state index >= 15 is 0 Å². The van der Waals surface area contributed by atoms with Crippen LogP contribution in [0.25, 0.3) is 0 Å². The van der Waals surface area contributed by atoms with Crippen molar-refractivity contribution in [2.75, 3.05) is 39.1 Å². The van der Waals surface area contributed by atoms with Crippen molar-refractivity contribution in [1.82, 2.24) is 4.90 Å². The number of carbonyl (C=O) groups excluding carboxylic acids is 1. The molecule has 19 heavy (non-hydrogen) atoms. The molecule has 0 spiro atoms. The zero-order valence-corrected chi connectivity index (χ0v) is 11.2. The van der Waals surface area contributed by atoms with Crippen molar-refractivity contribution >= 4 is 11.7 Å². The highest BCUT2D eigenvalue weighted by molar-refractivity contribution is 5.72. The van der Waals surface area contributed by atoms with Crippen LogP contribution >= 0.6 is 0 Å². The number of hydrogen-bond donors (Lipinski definition) is 1. The van der Waals surface area contributed by atoms with E-state index in [2.05, 4.69) is 4.90 Å². The van der Waals surface area contributed by atoms with Gasteiger partial charge >= 0.3 is 5.97 Å². The fourth-order valence-electron chi connectivity index (χ4n) is 2.01. The van der Waals surface area contributed by atoms with Crippen LogP contribution in [0.2, 0.25) is 0 Å².